The van der Waals surface area contributed by atoms with Gasteiger partial charge in [0.05, 0.1) is 0 Å². The van der Waals surface area contributed by atoms with Crippen molar-refractivity contribution in [3.8, 4) is 0 Å². The maximum Gasteiger partial charge on any atom is 0.248 e. The zero-order valence-corrected chi connectivity index (χ0v) is 12.2. The summed E-state index contributed by atoms with van der Waals surface area (Å²) in [4.78, 5) is 11.2. The Morgan fingerprint density at radius 1 is 1.24 bits per heavy atom. The van der Waals surface area contributed by atoms with Gasteiger partial charge < -0.3 is 11.1 Å². The molecule has 3 N–H and O–H groups in total. The van der Waals surface area contributed by atoms with E-state index >= 15 is 0 Å². The molecule has 21 heavy (non-hydrogen) atoms. The van der Waals surface area contributed by atoms with E-state index in [0.717, 1.165) is 23.7 Å². The molecular formula is C18H20N2O. The number of nitrogens with two attached hydrogens (primary N) is 1. The van der Waals surface area contributed by atoms with Crippen LogP contribution < -0.4 is 11.1 Å². The van der Waals surface area contributed by atoms with Crippen molar-refractivity contribution in [2.75, 3.05) is 5.32 Å². The number of anilines is 1. The minimum atomic E-state index is -0.387. The van der Waals surface area contributed by atoms with E-state index in [-0.39, 0.29) is 5.91 Å². The Labute approximate surface area is 125 Å². The highest BCUT2D eigenvalue weighted by molar-refractivity contribution is 5.93. The molecule has 108 valence electrons. The van der Waals surface area contributed by atoms with Crippen molar-refractivity contribution < 1.29 is 4.79 Å². The molecule has 1 aliphatic carbocycles. The third kappa shape index (κ3) is 3.24. The fourth-order valence-electron chi connectivity index (χ4n) is 2.59. The highest BCUT2D eigenvalue weighted by atomic mass is 16.1. The van der Waals surface area contributed by atoms with Crippen molar-refractivity contribution in [2.45, 2.75) is 32.2 Å². The molecule has 0 spiro atoms. The van der Waals surface area contributed by atoms with Gasteiger partial charge in [0.15, 0.2) is 0 Å². The lowest BCUT2D eigenvalue weighted by atomic mass is 10.1. The van der Waals surface area contributed by atoms with Crippen LogP contribution in [0.4, 0.5) is 5.69 Å². The first-order chi connectivity index (χ1) is 10.1. The van der Waals surface area contributed by atoms with Crippen LogP contribution in [0.25, 0.3) is 0 Å². The van der Waals surface area contributed by atoms with Crippen LogP contribution >= 0.6 is 0 Å². The van der Waals surface area contributed by atoms with Gasteiger partial charge in [-0.25, -0.2) is 0 Å². The fourth-order valence-corrected chi connectivity index (χ4v) is 2.59. The second-order valence-corrected chi connectivity index (χ2v) is 5.77. The number of carbonyl (C=O) groups excluding carboxylic acids is 1. The molecule has 0 bridgehead atoms. The molecule has 0 aromatic heterocycles. The SMILES string of the molecule is Cc1cc(C(N)=O)ccc1NCc1cccc(C2CC2)c1. The number of nitrogens with one attached hydrogen (secondary N) is 1. The second-order valence-electron chi connectivity index (χ2n) is 5.77. The average Bonchev–Trinajstić information content (AvgIpc) is 3.31. The maximum atomic E-state index is 11.2. The summed E-state index contributed by atoms with van der Waals surface area (Å²) >= 11 is 0. The molecule has 1 fully saturated rings. The third-order valence-electron chi connectivity index (χ3n) is 3.99. The summed E-state index contributed by atoms with van der Waals surface area (Å²) < 4.78 is 0. The molecule has 0 radical (unpaired) electrons. The molecule has 2 aromatic rings. The molecule has 0 saturated heterocycles. The zero-order valence-electron chi connectivity index (χ0n) is 12.2. The van der Waals surface area contributed by atoms with Crippen molar-refractivity contribution in [3.05, 3.63) is 64.7 Å². The van der Waals surface area contributed by atoms with Gasteiger partial charge in [-0.05, 0) is 60.6 Å². The largest absolute Gasteiger partial charge is 0.381 e. The van der Waals surface area contributed by atoms with Crippen molar-refractivity contribution >= 4 is 11.6 Å². The van der Waals surface area contributed by atoms with Crippen molar-refractivity contribution in [1.29, 1.82) is 0 Å². The Balaban J connectivity index is 1.69. The Kier molecular flexibility index (Phi) is 3.65. The lowest BCUT2D eigenvalue weighted by Gasteiger charge is -2.11. The maximum absolute atomic E-state index is 11.2. The number of benzene rings is 2. The monoisotopic (exact) mass is 280 g/mol. The van der Waals surface area contributed by atoms with Crippen LogP contribution in [0.1, 0.15) is 45.8 Å². The molecular weight excluding hydrogens is 260 g/mol. The second kappa shape index (κ2) is 5.60. The summed E-state index contributed by atoms with van der Waals surface area (Å²) in [5.41, 5.74) is 10.7. The van der Waals surface area contributed by atoms with E-state index in [9.17, 15) is 4.79 Å². The number of aryl methyl sites for hydroxylation is 1. The standard InChI is InChI=1S/C18H20N2O/c1-12-9-16(18(19)21)7-8-17(12)20-11-13-3-2-4-15(10-13)14-5-6-14/h2-4,7-10,14,20H,5-6,11H2,1H3,(H2,19,21). The van der Waals surface area contributed by atoms with Gasteiger partial charge in [0.2, 0.25) is 5.91 Å². The average molecular weight is 280 g/mol. The van der Waals surface area contributed by atoms with Crippen molar-refractivity contribution in [3.63, 3.8) is 0 Å². The fraction of sp³-hybridized carbons (Fsp3) is 0.278. The highest BCUT2D eigenvalue weighted by Crippen LogP contribution is 2.40. The molecule has 0 aliphatic heterocycles. The number of carbonyl (C=O) groups is 1. The minimum Gasteiger partial charge on any atom is -0.381 e. The van der Waals surface area contributed by atoms with Crippen LogP contribution in [-0.4, -0.2) is 5.91 Å². The number of primary amides is 1. The summed E-state index contributed by atoms with van der Waals surface area (Å²) in [5, 5.41) is 3.43. The minimum absolute atomic E-state index is 0.387. The van der Waals surface area contributed by atoms with Crippen LogP contribution in [0.5, 0.6) is 0 Å². The molecule has 3 nitrogen and oxygen atoms in total. The van der Waals surface area contributed by atoms with Gasteiger partial charge in [-0.15, -0.1) is 0 Å². The lowest BCUT2D eigenvalue weighted by Crippen LogP contribution is -2.11. The summed E-state index contributed by atoms with van der Waals surface area (Å²) in [5.74, 6) is 0.392. The van der Waals surface area contributed by atoms with Gasteiger partial charge in [-0.2, -0.15) is 0 Å². The van der Waals surface area contributed by atoms with Crippen molar-refractivity contribution in [1.82, 2.24) is 0 Å². The lowest BCUT2D eigenvalue weighted by molar-refractivity contribution is 0.1000. The van der Waals surface area contributed by atoms with Crippen molar-refractivity contribution in [2.24, 2.45) is 5.73 Å². The topological polar surface area (TPSA) is 55.1 Å². The molecule has 0 heterocycles. The molecule has 3 heteroatoms. The van der Waals surface area contributed by atoms with Gasteiger partial charge in [0, 0.05) is 17.8 Å². The van der Waals surface area contributed by atoms with Crippen LogP contribution in [0.3, 0.4) is 0 Å². The quantitative estimate of drug-likeness (QED) is 0.879. The van der Waals surface area contributed by atoms with Gasteiger partial charge in [-0.1, -0.05) is 24.3 Å². The first-order valence-corrected chi connectivity index (χ1v) is 7.36. The Bertz CT molecular complexity index is 675. The predicted octanol–water partition coefficient (Wildman–Crippen LogP) is 3.58. The van der Waals surface area contributed by atoms with E-state index in [4.69, 9.17) is 5.73 Å². The van der Waals surface area contributed by atoms with Gasteiger partial charge >= 0.3 is 0 Å². The molecule has 1 saturated carbocycles. The van der Waals surface area contributed by atoms with Crippen LogP contribution in [0.15, 0.2) is 42.5 Å². The summed E-state index contributed by atoms with van der Waals surface area (Å²) in [6.07, 6.45) is 2.65. The summed E-state index contributed by atoms with van der Waals surface area (Å²) in [6.45, 7) is 2.77. The molecule has 0 atom stereocenters. The molecule has 3 rings (SSSR count). The molecule has 0 unspecified atom stereocenters. The molecule has 1 aliphatic rings. The zero-order chi connectivity index (χ0) is 14.8. The Hall–Kier alpha value is -2.29. The van der Waals surface area contributed by atoms with Crippen LogP contribution in [0.2, 0.25) is 0 Å². The summed E-state index contributed by atoms with van der Waals surface area (Å²) in [6, 6.07) is 14.3. The first kappa shape index (κ1) is 13.7. The number of amides is 1. The normalized spacial score (nSPS) is 14.0. The van der Waals surface area contributed by atoms with E-state index in [1.165, 1.54) is 24.0 Å². The number of hydrogen-bond donors (Lipinski definition) is 2. The van der Waals surface area contributed by atoms with Crippen LogP contribution in [0, 0.1) is 6.92 Å². The molecule has 2 aromatic carbocycles. The summed E-state index contributed by atoms with van der Waals surface area (Å²) in [7, 11) is 0. The van der Waals surface area contributed by atoms with Gasteiger partial charge in [-0.3, -0.25) is 4.79 Å². The van der Waals surface area contributed by atoms with Crippen LogP contribution in [-0.2, 0) is 6.54 Å². The highest BCUT2D eigenvalue weighted by Gasteiger charge is 2.23. The number of rotatable bonds is 5. The smallest absolute Gasteiger partial charge is 0.248 e. The Morgan fingerprint density at radius 3 is 2.71 bits per heavy atom. The van der Waals surface area contributed by atoms with E-state index in [1.54, 1.807) is 6.07 Å². The third-order valence-corrected chi connectivity index (χ3v) is 3.99. The van der Waals surface area contributed by atoms with E-state index < -0.39 is 0 Å². The van der Waals surface area contributed by atoms with Gasteiger partial charge in [0.1, 0.15) is 0 Å². The number of hydrogen-bond acceptors (Lipinski definition) is 2. The Morgan fingerprint density at radius 2 is 2.05 bits per heavy atom. The van der Waals surface area contributed by atoms with Gasteiger partial charge in [0.25, 0.3) is 0 Å². The van der Waals surface area contributed by atoms with E-state index in [2.05, 4.69) is 29.6 Å². The first-order valence-electron chi connectivity index (χ1n) is 7.36. The predicted molar refractivity (Wildman–Crippen MR) is 85.4 cm³/mol. The van der Waals surface area contributed by atoms with E-state index in [0.29, 0.717) is 5.56 Å². The van der Waals surface area contributed by atoms with E-state index in [1.807, 2.05) is 19.1 Å². The molecule has 1 amide bonds.